The molecule has 1 aromatic heterocycles. The summed E-state index contributed by atoms with van der Waals surface area (Å²) in [4.78, 5) is 17.3. The van der Waals surface area contributed by atoms with Crippen molar-refractivity contribution in [1.29, 1.82) is 0 Å². The quantitative estimate of drug-likeness (QED) is 0.680. The highest BCUT2D eigenvalue weighted by Crippen LogP contribution is 2.25. The van der Waals surface area contributed by atoms with Crippen LogP contribution in [0.2, 0.25) is 0 Å². The highest BCUT2D eigenvalue weighted by Gasteiger charge is 2.18. The number of hydrogen-bond acceptors (Lipinski definition) is 4. The highest BCUT2D eigenvalue weighted by molar-refractivity contribution is 5.97. The molecule has 0 N–H and O–H groups in total. The molecular formula is C22H27N5O. The highest BCUT2D eigenvalue weighted by atomic mass is 16.2. The molecule has 1 saturated heterocycles. The Bertz CT molecular complexity index is 974. The number of rotatable bonds is 5. The van der Waals surface area contributed by atoms with Crippen molar-refractivity contribution in [2.45, 2.75) is 39.3 Å². The van der Waals surface area contributed by atoms with Gasteiger partial charge in [-0.15, -0.1) is 5.10 Å². The summed E-state index contributed by atoms with van der Waals surface area (Å²) in [5.74, 6) is 0.00129. The first kappa shape index (κ1) is 18.5. The van der Waals surface area contributed by atoms with E-state index in [2.05, 4.69) is 39.5 Å². The van der Waals surface area contributed by atoms with Gasteiger partial charge >= 0.3 is 0 Å². The van der Waals surface area contributed by atoms with Gasteiger partial charge in [0.1, 0.15) is 5.52 Å². The van der Waals surface area contributed by atoms with Crippen molar-refractivity contribution in [2.75, 3.05) is 25.0 Å². The van der Waals surface area contributed by atoms with Crippen LogP contribution in [0.1, 0.15) is 42.1 Å². The molecule has 1 amide bonds. The van der Waals surface area contributed by atoms with E-state index in [0.717, 1.165) is 30.7 Å². The average molecular weight is 377 g/mol. The van der Waals surface area contributed by atoms with Crippen molar-refractivity contribution in [3.8, 4) is 0 Å². The fourth-order valence-corrected chi connectivity index (χ4v) is 3.97. The third-order valence-electron chi connectivity index (χ3n) is 5.50. The molecule has 0 aliphatic carbocycles. The van der Waals surface area contributed by atoms with Crippen LogP contribution in [-0.2, 0) is 13.1 Å². The summed E-state index contributed by atoms with van der Waals surface area (Å²) in [5.41, 5.74) is 4.81. The van der Waals surface area contributed by atoms with Gasteiger partial charge < -0.3 is 9.80 Å². The number of piperidine rings is 1. The van der Waals surface area contributed by atoms with Gasteiger partial charge in [0.2, 0.25) is 0 Å². The van der Waals surface area contributed by atoms with Crippen LogP contribution in [0.15, 0.2) is 42.5 Å². The minimum atomic E-state index is 0.00129. The van der Waals surface area contributed by atoms with Gasteiger partial charge in [0.25, 0.3) is 5.91 Å². The molecule has 1 aliphatic rings. The Morgan fingerprint density at radius 2 is 1.89 bits per heavy atom. The van der Waals surface area contributed by atoms with E-state index < -0.39 is 0 Å². The van der Waals surface area contributed by atoms with E-state index in [1.807, 2.05) is 36.9 Å². The first-order valence-electron chi connectivity index (χ1n) is 10.1. The Balaban J connectivity index is 1.54. The molecule has 4 rings (SSSR count). The maximum Gasteiger partial charge on any atom is 0.253 e. The molecule has 0 bridgehead atoms. The number of carbonyl (C=O) groups is 1. The standard InChI is InChI=1S/C22H27N5O/c1-3-27-21-12-11-17(15-19(21)23-24-27)22(28)25(2)16-18-9-5-6-10-20(18)26-13-7-4-8-14-26/h5-6,9-12,15H,3-4,7-8,13-14,16H2,1-2H3. The molecule has 6 nitrogen and oxygen atoms in total. The predicted molar refractivity (Wildman–Crippen MR) is 112 cm³/mol. The minimum Gasteiger partial charge on any atom is -0.371 e. The van der Waals surface area contributed by atoms with Crippen molar-refractivity contribution in [2.24, 2.45) is 0 Å². The lowest BCUT2D eigenvalue weighted by molar-refractivity contribution is 0.0785. The number of carbonyl (C=O) groups excluding carboxylic acids is 1. The molecule has 1 aliphatic heterocycles. The zero-order valence-corrected chi connectivity index (χ0v) is 16.6. The molecule has 2 heterocycles. The van der Waals surface area contributed by atoms with E-state index in [9.17, 15) is 4.79 Å². The Hall–Kier alpha value is -2.89. The lowest BCUT2D eigenvalue weighted by Crippen LogP contribution is -2.32. The van der Waals surface area contributed by atoms with Crippen LogP contribution in [0.4, 0.5) is 5.69 Å². The Morgan fingerprint density at radius 3 is 2.68 bits per heavy atom. The number of amides is 1. The lowest BCUT2D eigenvalue weighted by Gasteiger charge is -2.31. The van der Waals surface area contributed by atoms with Crippen molar-refractivity contribution in [1.82, 2.24) is 19.9 Å². The first-order valence-corrected chi connectivity index (χ1v) is 10.1. The number of aromatic nitrogens is 3. The topological polar surface area (TPSA) is 54.3 Å². The summed E-state index contributed by atoms with van der Waals surface area (Å²) in [6, 6.07) is 14.1. The summed E-state index contributed by atoms with van der Waals surface area (Å²) in [5, 5.41) is 8.31. The summed E-state index contributed by atoms with van der Waals surface area (Å²) in [7, 11) is 1.86. The first-order chi connectivity index (χ1) is 13.7. The Kier molecular flexibility index (Phi) is 5.28. The third-order valence-corrected chi connectivity index (χ3v) is 5.50. The fourth-order valence-electron chi connectivity index (χ4n) is 3.97. The van der Waals surface area contributed by atoms with E-state index in [1.165, 1.54) is 30.5 Å². The van der Waals surface area contributed by atoms with Gasteiger partial charge in [-0.25, -0.2) is 4.68 Å². The zero-order valence-electron chi connectivity index (χ0n) is 16.6. The van der Waals surface area contributed by atoms with Gasteiger partial charge in [0, 0.05) is 44.5 Å². The largest absolute Gasteiger partial charge is 0.371 e. The fraction of sp³-hybridized carbons (Fsp3) is 0.409. The number of fused-ring (bicyclic) bond motifs is 1. The van der Waals surface area contributed by atoms with Crippen LogP contribution >= 0.6 is 0 Å². The molecule has 2 aromatic carbocycles. The number of nitrogens with zero attached hydrogens (tertiary/aromatic N) is 5. The van der Waals surface area contributed by atoms with Gasteiger partial charge in [-0.3, -0.25) is 4.79 Å². The maximum atomic E-state index is 13.0. The van der Waals surface area contributed by atoms with Crippen molar-refractivity contribution in [3.05, 3.63) is 53.6 Å². The molecule has 0 atom stereocenters. The monoisotopic (exact) mass is 377 g/mol. The molecular weight excluding hydrogens is 350 g/mol. The van der Waals surface area contributed by atoms with E-state index in [1.54, 1.807) is 4.90 Å². The second-order valence-corrected chi connectivity index (χ2v) is 7.45. The molecule has 0 saturated carbocycles. The molecule has 146 valence electrons. The number of benzene rings is 2. The molecule has 6 heteroatoms. The van der Waals surface area contributed by atoms with Gasteiger partial charge in [-0.2, -0.15) is 0 Å². The van der Waals surface area contributed by atoms with E-state index in [0.29, 0.717) is 12.1 Å². The van der Waals surface area contributed by atoms with Crippen LogP contribution in [0.3, 0.4) is 0 Å². The zero-order chi connectivity index (χ0) is 19.5. The normalized spacial score (nSPS) is 14.4. The van der Waals surface area contributed by atoms with Crippen molar-refractivity contribution < 1.29 is 4.79 Å². The van der Waals surface area contributed by atoms with Crippen LogP contribution in [0.5, 0.6) is 0 Å². The van der Waals surface area contributed by atoms with Crippen molar-refractivity contribution in [3.63, 3.8) is 0 Å². The Labute approximate surface area is 165 Å². The van der Waals surface area contributed by atoms with Gasteiger partial charge in [-0.05, 0) is 56.0 Å². The van der Waals surface area contributed by atoms with Gasteiger partial charge in [0.15, 0.2) is 0 Å². The summed E-state index contributed by atoms with van der Waals surface area (Å²) in [6.45, 7) is 5.57. The molecule has 28 heavy (non-hydrogen) atoms. The molecule has 1 fully saturated rings. The minimum absolute atomic E-state index is 0.00129. The number of anilines is 1. The van der Waals surface area contributed by atoms with Crippen LogP contribution in [0, 0.1) is 0 Å². The summed E-state index contributed by atoms with van der Waals surface area (Å²) < 4.78 is 1.84. The Morgan fingerprint density at radius 1 is 1.11 bits per heavy atom. The lowest BCUT2D eigenvalue weighted by atomic mass is 10.1. The van der Waals surface area contributed by atoms with Gasteiger partial charge in [0.05, 0.1) is 5.52 Å². The second-order valence-electron chi connectivity index (χ2n) is 7.45. The number of aryl methyl sites for hydroxylation is 1. The van der Waals surface area contributed by atoms with Gasteiger partial charge in [-0.1, -0.05) is 23.4 Å². The molecule has 0 unspecified atom stereocenters. The average Bonchev–Trinajstić information content (AvgIpc) is 3.16. The number of para-hydroxylation sites is 1. The van der Waals surface area contributed by atoms with E-state index >= 15 is 0 Å². The maximum absolute atomic E-state index is 13.0. The van der Waals surface area contributed by atoms with Crippen molar-refractivity contribution >= 4 is 22.6 Å². The summed E-state index contributed by atoms with van der Waals surface area (Å²) >= 11 is 0. The molecule has 0 spiro atoms. The van der Waals surface area contributed by atoms with E-state index in [4.69, 9.17) is 0 Å². The second kappa shape index (κ2) is 8.00. The van der Waals surface area contributed by atoms with Crippen LogP contribution in [-0.4, -0.2) is 45.9 Å². The SMILES string of the molecule is CCn1nnc2cc(C(=O)N(C)Cc3ccccc3N3CCCCC3)ccc21. The third kappa shape index (κ3) is 3.59. The van der Waals surface area contributed by atoms with E-state index in [-0.39, 0.29) is 5.91 Å². The smallest absolute Gasteiger partial charge is 0.253 e. The molecule has 0 radical (unpaired) electrons. The molecule has 3 aromatic rings. The number of hydrogen-bond donors (Lipinski definition) is 0. The summed E-state index contributed by atoms with van der Waals surface area (Å²) in [6.07, 6.45) is 3.78. The predicted octanol–water partition coefficient (Wildman–Crippen LogP) is 3.71. The van der Waals surface area contributed by atoms with Crippen LogP contribution < -0.4 is 4.90 Å². The van der Waals surface area contributed by atoms with Crippen LogP contribution in [0.25, 0.3) is 11.0 Å².